The fourth-order valence-electron chi connectivity index (χ4n) is 1.59. The van der Waals surface area contributed by atoms with Gasteiger partial charge in [0.25, 0.3) is 0 Å². The van der Waals surface area contributed by atoms with E-state index in [1.165, 1.54) is 16.4 Å². The Kier molecular flexibility index (Phi) is 4.06. The molecule has 19 heavy (non-hydrogen) atoms. The van der Waals surface area contributed by atoms with Crippen molar-refractivity contribution >= 4 is 17.7 Å². The number of thioether (sulfide) groups is 1. The number of benzene rings is 1. The van der Waals surface area contributed by atoms with Gasteiger partial charge in [-0.15, -0.1) is 10.2 Å². The van der Waals surface area contributed by atoms with Gasteiger partial charge in [0.15, 0.2) is 5.82 Å². The SMILES string of the molecule is CCc1nnc(SCc2cccc(C(=O)O)c2)n1N. The molecule has 1 aromatic carbocycles. The average Bonchev–Trinajstić information content (AvgIpc) is 2.77. The second-order valence-corrected chi connectivity index (χ2v) is 4.86. The predicted octanol–water partition coefficient (Wildman–Crippen LogP) is 1.54. The van der Waals surface area contributed by atoms with Crippen molar-refractivity contribution in [1.29, 1.82) is 0 Å². The van der Waals surface area contributed by atoms with Crippen LogP contribution in [0.3, 0.4) is 0 Å². The summed E-state index contributed by atoms with van der Waals surface area (Å²) in [5, 5.41) is 17.5. The molecule has 0 aliphatic heterocycles. The van der Waals surface area contributed by atoms with Gasteiger partial charge in [0, 0.05) is 12.2 Å². The quantitative estimate of drug-likeness (QED) is 0.636. The van der Waals surface area contributed by atoms with Crippen LogP contribution >= 0.6 is 11.8 Å². The highest BCUT2D eigenvalue weighted by molar-refractivity contribution is 7.98. The fourth-order valence-corrected chi connectivity index (χ4v) is 2.41. The third kappa shape index (κ3) is 3.05. The van der Waals surface area contributed by atoms with Crippen molar-refractivity contribution in [3.05, 3.63) is 41.2 Å². The highest BCUT2D eigenvalue weighted by Gasteiger charge is 2.09. The van der Waals surface area contributed by atoms with Gasteiger partial charge in [0.2, 0.25) is 5.16 Å². The third-order valence-corrected chi connectivity index (χ3v) is 3.61. The van der Waals surface area contributed by atoms with Crippen molar-refractivity contribution in [3.63, 3.8) is 0 Å². The van der Waals surface area contributed by atoms with E-state index in [9.17, 15) is 4.79 Å². The van der Waals surface area contributed by atoms with Crippen LogP contribution in [0.1, 0.15) is 28.7 Å². The Balaban J connectivity index is 2.08. The number of carboxylic acid groups (broad SMARTS) is 1. The normalized spacial score (nSPS) is 10.6. The lowest BCUT2D eigenvalue weighted by molar-refractivity contribution is 0.0697. The number of nitrogens with two attached hydrogens (primary N) is 1. The molecular formula is C12H14N4O2S. The lowest BCUT2D eigenvalue weighted by Crippen LogP contribution is -2.13. The van der Waals surface area contributed by atoms with Gasteiger partial charge >= 0.3 is 5.97 Å². The molecule has 2 aromatic rings. The molecule has 0 bridgehead atoms. The first kappa shape index (κ1) is 13.4. The van der Waals surface area contributed by atoms with Crippen molar-refractivity contribution in [1.82, 2.24) is 14.9 Å². The molecule has 0 saturated heterocycles. The molecule has 3 N–H and O–H groups in total. The summed E-state index contributed by atoms with van der Waals surface area (Å²) in [6, 6.07) is 6.81. The molecule has 0 radical (unpaired) electrons. The number of aromatic carboxylic acids is 1. The molecule has 2 rings (SSSR count). The molecule has 0 atom stereocenters. The molecular weight excluding hydrogens is 264 g/mol. The first-order chi connectivity index (χ1) is 9.11. The largest absolute Gasteiger partial charge is 0.478 e. The highest BCUT2D eigenvalue weighted by Crippen LogP contribution is 2.21. The highest BCUT2D eigenvalue weighted by atomic mass is 32.2. The summed E-state index contributed by atoms with van der Waals surface area (Å²) in [6.07, 6.45) is 0.721. The van der Waals surface area contributed by atoms with Gasteiger partial charge < -0.3 is 10.9 Å². The Labute approximate surface area is 114 Å². The summed E-state index contributed by atoms with van der Waals surface area (Å²) in [5.74, 6) is 6.23. The van der Waals surface area contributed by atoms with Gasteiger partial charge in [0.1, 0.15) is 0 Å². The number of rotatable bonds is 5. The summed E-state index contributed by atoms with van der Waals surface area (Å²) in [5.41, 5.74) is 1.19. The van der Waals surface area contributed by atoms with E-state index < -0.39 is 5.97 Å². The summed E-state index contributed by atoms with van der Waals surface area (Å²) in [4.78, 5) is 10.9. The lowest BCUT2D eigenvalue weighted by atomic mass is 10.1. The number of carboxylic acids is 1. The number of aryl methyl sites for hydroxylation is 1. The van der Waals surface area contributed by atoms with E-state index in [0.717, 1.165) is 17.8 Å². The minimum Gasteiger partial charge on any atom is -0.478 e. The summed E-state index contributed by atoms with van der Waals surface area (Å²) in [6.45, 7) is 1.96. The second kappa shape index (κ2) is 5.75. The Morgan fingerprint density at radius 2 is 2.26 bits per heavy atom. The number of hydrogen-bond acceptors (Lipinski definition) is 5. The topological polar surface area (TPSA) is 94.0 Å². The molecule has 0 unspecified atom stereocenters. The molecule has 7 heteroatoms. The van der Waals surface area contributed by atoms with Crippen LogP contribution in [-0.2, 0) is 12.2 Å². The van der Waals surface area contributed by atoms with Crippen LogP contribution in [-0.4, -0.2) is 25.9 Å². The van der Waals surface area contributed by atoms with Crippen LogP contribution in [0.2, 0.25) is 0 Å². The van der Waals surface area contributed by atoms with E-state index in [1.807, 2.05) is 13.0 Å². The molecule has 0 fully saturated rings. The number of nitrogens with zero attached hydrogens (tertiary/aromatic N) is 3. The summed E-state index contributed by atoms with van der Waals surface area (Å²) in [7, 11) is 0. The zero-order chi connectivity index (χ0) is 13.8. The molecule has 100 valence electrons. The van der Waals surface area contributed by atoms with Crippen LogP contribution in [0.15, 0.2) is 29.4 Å². The number of nitrogen functional groups attached to an aromatic ring is 1. The Morgan fingerprint density at radius 1 is 1.47 bits per heavy atom. The molecule has 0 aliphatic rings. The van der Waals surface area contributed by atoms with Crippen LogP contribution in [0, 0.1) is 0 Å². The second-order valence-electron chi connectivity index (χ2n) is 3.92. The Morgan fingerprint density at radius 3 is 2.89 bits per heavy atom. The molecule has 1 aromatic heterocycles. The first-order valence-electron chi connectivity index (χ1n) is 5.76. The molecule has 6 nitrogen and oxygen atoms in total. The monoisotopic (exact) mass is 278 g/mol. The maximum Gasteiger partial charge on any atom is 0.335 e. The zero-order valence-electron chi connectivity index (χ0n) is 10.4. The van der Waals surface area contributed by atoms with Crippen molar-refractivity contribution in [2.75, 3.05) is 5.84 Å². The molecule has 1 heterocycles. The maximum atomic E-state index is 10.9. The number of carbonyl (C=O) groups is 1. The minimum absolute atomic E-state index is 0.279. The van der Waals surface area contributed by atoms with Gasteiger partial charge in [0.05, 0.1) is 5.56 Å². The van der Waals surface area contributed by atoms with Crippen LogP contribution in [0.5, 0.6) is 0 Å². The predicted molar refractivity (Wildman–Crippen MR) is 72.5 cm³/mol. The van der Waals surface area contributed by atoms with Gasteiger partial charge in [-0.3, -0.25) is 0 Å². The van der Waals surface area contributed by atoms with Crippen LogP contribution in [0.25, 0.3) is 0 Å². The number of aromatic nitrogens is 3. The maximum absolute atomic E-state index is 10.9. The van der Waals surface area contributed by atoms with E-state index >= 15 is 0 Å². The molecule has 0 saturated carbocycles. The minimum atomic E-state index is -0.929. The van der Waals surface area contributed by atoms with Gasteiger partial charge in [-0.25, -0.2) is 9.47 Å². The lowest BCUT2D eigenvalue weighted by Gasteiger charge is -2.03. The van der Waals surface area contributed by atoms with Crippen molar-refractivity contribution < 1.29 is 9.90 Å². The van der Waals surface area contributed by atoms with Crippen LogP contribution < -0.4 is 5.84 Å². The molecule has 0 spiro atoms. The van der Waals surface area contributed by atoms with E-state index in [0.29, 0.717) is 10.9 Å². The summed E-state index contributed by atoms with van der Waals surface area (Å²) >= 11 is 1.43. The zero-order valence-corrected chi connectivity index (χ0v) is 11.2. The molecule has 0 amide bonds. The number of hydrogen-bond donors (Lipinski definition) is 2. The average molecular weight is 278 g/mol. The van der Waals surface area contributed by atoms with Crippen molar-refractivity contribution in [2.24, 2.45) is 0 Å². The van der Waals surface area contributed by atoms with Gasteiger partial charge in [-0.1, -0.05) is 30.8 Å². The third-order valence-electron chi connectivity index (χ3n) is 2.59. The van der Waals surface area contributed by atoms with Gasteiger partial charge in [-0.2, -0.15) is 0 Å². The van der Waals surface area contributed by atoms with Gasteiger partial charge in [-0.05, 0) is 17.7 Å². The van der Waals surface area contributed by atoms with Crippen molar-refractivity contribution in [3.8, 4) is 0 Å². The smallest absolute Gasteiger partial charge is 0.335 e. The Hall–Kier alpha value is -2.02. The van der Waals surface area contributed by atoms with E-state index in [2.05, 4.69) is 10.2 Å². The fraction of sp³-hybridized carbons (Fsp3) is 0.250. The van der Waals surface area contributed by atoms with Crippen molar-refractivity contribution in [2.45, 2.75) is 24.3 Å². The standard InChI is InChI=1S/C12H14N4O2S/c1-2-10-14-15-12(16(10)13)19-7-8-4-3-5-9(6-8)11(17)18/h3-6H,2,7,13H2,1H3,(H,17,18). The van der Waals surface area contributed by atoms with Crippen LogP contribution in [0.4, 0.5) is 0 Å². The molecule has 0 aliphatic carbocycles. The van der Waals surface area contributed by atoms with E-state index in [-0.39, 0.29) is 5.56 Å². The Bertz CT molecular complexity index is 597. The van der Waals surface area contributed by atoms with E-state index in [1.54, 1.807) is 18.2 Å². The summed E-state index contributed by atoms with van der Waals surface area (Å²) < 4.78 is 1.46. The van der Waals surface area contributed by atoms with E-state index in [4.69, 9.17) is 10.9 Å². The first-order valence-corrected chi connectivity index (χ1v) is 6.74.